The second kappa shape index (κ2) is 5.66. The molecule has 0 aliphatic rings. The first-order chi connectivity index (χ1) is 9.10. The maximum absolute atomic E-state index is 11.3. The van der Waals surface area contributed by atoms with Gasteiger partial charge in [-0.05, 0) is 18.2 Å². The molecule has 1 aromatic heterocycles. The van der Waals surface area contributed by atoms with Gasteiger partial charge in [0.2, 0.25) is 5.88 Å². The van der Waals surface area contributed by atoms with Crippen LogP contribution in [0.1, 0.15) is 10.5 Å². The van der Waals surface area contributed by atoms with E-state index in [4.69, 9.17) is 10.5 Å². The molecule has 0 aliphatic carbocycles. The SMILES string of the molecule is COC(=O)c1cncc(Oc2ccc(Br)cc2N)n1. The lowest BCUT2D eigenvalue weighted by atomic mass is 10.3. The van der Waals surface area contributed by atoms with Crippen LogP contribution < -0.4 is 10.5 Å². The fourth-order valence-electron chi connectivity index (χ4n) is 1.33. The van der Waals surface area contributed by atoms with Crippen LogP contribution in [0.3, 0.4) is 0 Å². The van der Waals surface area contributed by atoms with Gasteiger partial charge in [-0.3, -0.25) is 4.98 Å². The minimum absolute atomic E-state index is 0.0654. The van der Waals surface area contributed by atoms with Crippen molar-refractivity contribution in [2.45, 2.75) is 0 Å². The number of anilines is 1. The quantitative estimate of drug-likeness (QED) is 0.689. The second-order valence-corrected chi connectivity index (χ2v) is 4.43. The monoisotopic (exact) mass is 323 g/mol. The number of halogens is 1. The highest BCUT2D eigenvalue weighted by molar-refractivity contribution is 9.10. The number of hydrogen-bond acceptors (Lipinski definition) is 6. The maximum atomic E-state index is 11.3. The van der Waals surface area contributed by atoms with Crippen LogP contribution in [-0.2, 0) is 4.74 Å². The molecular formula is C12H10BrN3O3. The normalized spacial score (nSPS) is 10.0. The predicted molar refractivity (Wildman–Crippen MR) is 72.0 cm³/mol. The molecule has 19 heavy (non-hydrogen) atoms. The summed E-state index contributed by atoms with van der Waals surface area (Å²) in [4.78, 5) is 19.2. The van der Waals surface area contributed by atoms with Gasteiger partial charge in [-0.1, -0.05) is 15.9 Å². The fourth-order valence-corrected chi connectivity index (χ4v) is 1.70. The summed E-state index contributed by atoms with van der Waals surface area (Å²) in [5.41, 5.74) is 6.31. The average Bonchev–Trinajstić information content (AvgIpc) is 2.41. The minimum Gasteiger partial charge on any atom is -0.464 e. The number of carbonyl (C=O) groups excluding carboxylic acids is 1. The summed E-state index contributed by atoms with van der Waals surface area (Å²) < 4.78 is 10.9. The van der Waals surface area contributed by atoms with Crippen LogP contribution in [0.4, 0.5) is 5.69 Å². The molecular weight excluding hydrogens is 314 g/mol. The van der Waals surface area contributed by atoms with Crippen molar-refractivity contribution in [3.63, 3.8) is 0 Å². The molecule has 0 atom stereocenters. The van der Waals surface area contributed by atoms with Gasteiger partial charge >= 0.3 is 5.97 Å². The van der Waals surface area contributed by atoms with Gasteiger partial charge in [0.05, 0.1) is 25.2 Å². The Morgan fingerprint density at radius 3 is 2.84 bits per heavy atom. The summed E-state index contributed by atoms with van der Waals surface area (Å²) in [6, 6.07) is 5.17. The van der Waals surface area contributed by atoms with E-state index in [9.17, 15) is 4.79 Å². The third kappa shape index (κ3) is 3.19. The van der Waals surface area contributed by atoms with Crippen molar-refractivity contribution in [3.05, 3.63) is 40.8 Å². The summed E-state index contributed by atoms with van der Waals surface area (Å²) in [5.74, 6) is 0.0122. The van der Waals surface area contributed by atoms with E-state index >= 15 is 0 Å². The number of rotatable bonds is 3. The molecule has 0 unspecified atom stereocenters. The third-order valence-electron chi connectivity index (χ3n) is 2.19. The Bertz CT molecular complexity index is 619. The number of benzene rings is 1. The molecule has 0 bridgehead atoms. The molecule has 2 rings (SSSR count). The van der Waals surface area contributed by atoms with Gasteiger partial charge < -0.3 is 15.2 Å². The Morgan fingerprint density at radius 2 is 2.16 bits per heavy atom. The van der Waals surface area contributed by atoms with Crippen LogP contribution >= 0.6 is 15.9 Å². The van der Waals surface area contributed by atoms with Crippen molar-refractivity contribution in [1.29, 1.82) is 0 Å². The molecule has 6 nitrogen and oxygen atoms in total. The summed E-state index contributed by atoms with van der Waals surface area (Å²) >= 11 is 3.30. The number of ether oxygens (including phenoxy) is 2. The van der Waals surface area contributed by atoms with Crippen LogP contribution in [-0.4, -0.2) is 23.0 Å². The number of nitrogens with zero attached hydrogens (tertiary/aromatic N) is 2. The lowest BCUT2D eigenvalue weighted by Crippen LogP contribution is -2.05. The molecule has 7 heteroatoms. The third-order valence-corrected chi connectivity index (χ3v) is 2.69. The summed E-state index contributed by atoms with van der Waals surface area (Å²) in [5, 5.41) is 0. The molecule has 0 amide bonds. The zero-order valence-electron chi connectivity index (χ0n) is 9.96. The van der Waals surface area contributed by atoms with E-state index in [2.05, 4.69) is 30.6 Å². The Balaban J connectivity index is 2.26. The van der Waals surface area contributed by atoms with E-state index in [1.807, 2.05) is 0 Å². The van der Waals surface area contributed by atoms with Crippen LogP contribution in [0.5, 0.6) is 11.6 Å². The molecule has 1 aromatic carbocycles. The highest BCUT2D eigenvalue weighted by atomic mass is 79.9. The highest BCUT2D eigenvalue weighted by Crippen LogP contribution is 2.28. The van der Waals surface area contributed by atoms with Gasteiger partial charge in [-0.25, -0.2) is 9.78 Å². The first-order valence-electron chi connectivity index (χ1n) is 5.23. The minimum atomic E-state index is -0.582. The smallest absolute Gasteiger partial charge is 0.358 e. The number of nitrogen functional groups attached to an aromatic ring is 1. The first kappa shape index (κ1) is 13.3. The zero-order valence-corrected chi connectivity index (χ0v) is 11.5. The van der Waals surface area contributed by atoms with Crippen LogP contribution in [0, 0.1) is 0 Å². The van der Waals surface area contributed by atoms with E-state index in [1.54, 1.807) is 18.2 Å². The van der Waals surface area contributed by atoms with Crippen LogP contribution in [0.15, 0.2) is 35.1 Å². The second-order valence-electron chi connectivity index (χ2n) is 3.52. The Hall–Kier alpha value is -2.15. The van der Waals surface area contributed by atoms with Gasteiger partial charge in [0.15, 0.2) is 11.4 Å². The molecule has 0 fully saturated rings. The zero-order chi connectivity index (χ0) is 13.8. The molecule has 0 aliphatic heterocycles. The number of nitrogens with two attached hydrogens (primary N) is 1. The summed E-state index contributed by atoms with van der Waals surface area (Å²) in [6.07, 6.45) is 2.68. The Kier molecular flexibility index (Phi) is 3.96. The van der Waals surface area contributed by atoms with Gasteiger partial charge in [0.1, 0.15) is 0 Å². The van der Waals surface area contributed by atoms with E-state index in [1.165, 1.54) is 19.5 Å². The largest absolute Gasteiger partial charge is 0.464 e. The van der Waals surface area contributed by atoms with Crippen molar-refractivity contribution in [2.24, 2.45) is 0 Å². The number of methoxy groups -OCH3 is 1. The van der Waals surface area contributed by atoms with Crippen LogP contribution in [0.2, 0.25) is 0 Å². The first-order valence-corrected chi connectivity index (χ1v) is 6.02. The fraction of sp³-hybridized carbons (Fsp3) is 0.0833. The highest BCUT2D eigenvalue weighted by Gasteiger charge is 2.10. The summed E-state index contributed by atoms with van der Waals surface area (Å²) in [6.45, 7) is 0. The number of aromatic nitrogens is 2. The van der Waals surface area contributed by atoms with Gasteiger partial charge in [-0.15, -0.1) is 0 Å². The van der Waals surface area contributed by atoms with Gasteiger partial charge in [-0.2, -0.15) is 0 Å². The molecule has 2 aromatic rings. The van der Waals surface area contributed by atoms with Gasteiger partial charge in [0, 0.05) is 4.47 Å². The number of esters is 1. The Labute approximate surface area is 117 Å². The van der Waals surface area contributed by atoms with Crippen molar-refractivity contribution in [2.75, 3.05) is 12.8 Å². The van der Waals surface area contributed by atoms with Crippen molar-refractivity contribution in [3.8, 4) is 11.6 Å². The number of hydrogen-bond donors (Lipinski definition) is 1. The Morgan fingerprint density at radius 1 is 1.37 bits per heavy atom. The molecule has 1 heterocycles. The van der Waals surface area contributed by atoms with E-state index in [0.29, 0.717) is 11.4 Å². The molecule has 0 saturated carbocycles. The van der Waals surface area contributed by atoms with Crippen molar-refractivity contribution < 1.29 is 14.3 Å². The molecule has 0 saturated heterocycles. The lowest BCUT2D eigenvalue weighted by molar-refractivity contribution is 0.0592. The van der Waals surface area contributed by atoms with Crippen molar-refractivity contribution >= 4 is 27.6 Å². The van der Waals surface area contributed by atoms with Crippen molar-refractivity contribution in [1.82, 2.24) is 9.97 Å². The number of carbonyl (C=O) groups is 1. The molecule has 0 radical (unpaired) electrons. The standard InChI is InChI=1S/C12H10BrN3O3/c1-18-12(17)9-5-15-6-11(16-9)19-10-3-2-7(13)4-8(10)14/h2-6H,14H2,1H3. The predicted octanol–water partition coefficient (Wildman–Crippen LogP) is 2.40. The topological polar surface area (TPSA) is 87.3 Å². The summed E-state index contributed by atoms with van der Waals surface area (Å²) in [7, 11) is 1.27. The lowest BCUT2D eigenvalue weighted by Gasteiger charge is -2.08. The maximum Gasteiger partial charge on any atom is 0.358 e. The van der Waals surface area contributed by atoms with Crippen LogP contribution in [0.25, 0.3) is 0 Å². The van der Waals surface area contributed by atoms with E-state index < -0.39 is 5.97 Å². The molecule has 2 N–H and O–H groups in total. The average molecular weight is 324 g/mol. The van der Waals surface area contributed by atoms with Gasteiger partial charge in [0.25, 0.3) is 0 Å². The molecule has 98 valence electrons. The van der Waals surface area contributed by atoms with E-state index in [-0.39, 0.29) is 11.6 Å². The molecule has 0 spiro atoms. The van der Waals surface area contributed by atoms with E-state index in [0.717, 1.165) is 4.47 Å².